The van der Waals surface area contributed by atoms with E-state index in [1.165, 1.54) is 24.3 Å². The molecule has 0 aromatic carbocycles. The Morgan fingerprint density at radius 3 is 1.22 bits per heavy atom. The van der Waals surface area contributed by atoms with Crippen LogP contribution in [0, 0.1) is 0 Å². The number of carbonyl (C=O) groups is 2. The van der Waals surface area contributed by atoms with Gasteiger partial charge in [0.05, 0.1) is 0 Å². The van der Waals surface area contributed by atoms with Crippen molar-refractivity contribution in [1.29, 1.82) is 0 Å². The molecule has 0 spiro atoms. The van der Waals surface area contributed by atoms with E-state index in [2.05, 4.69) is 0 Å². The first-order chi connectivity index (χ1) is 3.79. The van der Waals surface area contributed by atoms with Gasteiger partial charge in [0, 0.05) is 0 Å². The minimum Gasteiger partial charge on any atom is -1.00 e. The zero-order valence-corrected chi connectivity index (χ0v) is 5.26. The fourth-order valence-electron chi connectivity index (χ4n) is 0.440. The van der Waals surface area contributed by atoms with Crippen LogP contribution in [0.5, 0.6) is 0 Å². The molecule has 0 aliphatic heterocycles. The number of carbonyl (C=O) groups excluding carboxylic acids is 2. The van der Waals surface area contributed by atoms with E-state index < -0.39 is 0 Å². The molecule has 0 aromatic heterocycles. The van der Waals surface area contributed by atoms with Crippen molar-refractivity contribution in [3.63, 3.8) is 0 Å². The molecule has 9 heavy (non-hydrogen) atoms. The third-order valence-corrected chi connectivity index (χ3v) is 0.824. The van der Waals surface area contributed by atoms with Crippen LogP contribution >= 0.6 is 0 Å². The Hall–Kier alpha value is -0.890. The number of ketones is 2. The van der Waals surface area contributed by atoms with Crippen molar-refractivity contribution in [3.8, 4) is 0 Å². The Labute approximate surface area is 58.7 Å². The molecule has 0 radical (unpaired) electrons. The Morgan fingerprint density at radius 1 is 0.778 bits per heavy atom. The van der Waals surface area contributed by atoms with Gasteiger partial charge in [-0.2, -0.15) is 0 Å². The fourth-order valence-corrected chi connectivity index (χ4v) is 0.440. The van der Waals surface area contributed by atoms with Gasteiger partial charge in [-0.05, 0) is 24.3 Å². The average molecular weight is 144 g/mol. The van der Waals surface area contributed by atoms with E-state index in [0.717, 1.165) is 0 Å². The fraction of sp³-hybridized carbons (Fsp3) is 0. The molecule has 0 fully saturated rings. The van der Waals surface area contributed by atoms with E-state index in [0.29, 0.717) is 0 Å². The van der Waals surface area contributed by atoms with Gasteiger partial charge in [0.2, 0.25) is 0 Å². The molecule has 1 aliphatic carbocycles. The zero-order chi connectivity index (χ0) is 5.98. The molecule has 1 rings (SSSR count). The highest BCUT2D eigenvalue weighted by atomic mass is 35.5. The monoisotopic (exact) mass is 143 g/mol. The first-order valence-electron chi connectivity index (χ1n) is 2.23. The largest absolute Gasteiger partial charge is 1.00 e. The standard InChI is InChI=1S/C6H4O2.ClH/c7-5-1-2-6(8)4-3-5;/h1-4H;1H/p-1. The highest BCUT2D eigenvalue weighted by molar-refractivity contribution is 6.14. The summed E-state index contributed by atoms with van der Waals surface area (Å²) in [6, 6.07) is 0. The second kappa shape index (κ2) is 3.20. The summed E-state index contributed by atoms with van der Waals surface area (Å²) in [5.74, 6) is -0.241. The molecule has 0 atom stereocenters. The molecule has 0 heterocycles. The number of hydrogen-bond donors (Lipinski definition) is 0. The Bertz CT molecular complexity index is 153. The van der Waals surface area contributed by atoms with E-state index in [1.54, 1.807) is 0 Å². The van der Waals surface area contributed by atoms with Crippen LogP contribution in [0.1, 0.15) is 0 Å². The first kappa shape index (κ1) is 8.11. The van der Waals surface area contributed by atoms with Gasteiger partial charge in [0.25, 0.3) is 0 Å². The van der Waals surface area contributed by atoms with Crippen LogP contribution in [0.15, 0.2) is 24.3 Å². The number of hydrogen-bond acceptors (Lipinski definition) is 2. The molecular formula is C6H4ClO2-. The van der Waals surface area contributed by atoms with Crippen LogP contribution in [-0.2, 0) is 9.59 Å². The van der Waals surface area contributed by atoms with Gasteiger partial charge in [-0.15, -0.1) is 0 Å². The third-order valence-electron chi connectivity index (χ3n) is 0.824. The Kier molecular flexibility index (Phi) is 2.88. The SMILES string of the molecule is O=C1C=CC(=O)C=C1.[Cl-]. The topological polar surface area (TPSA) is 34.1 Å². The van der Waals surface area contributed by atoms with Crippen molar-refractivity contribution < 1.29 is 22.0 Å². The van der Waals surface area contributed by atoms with Gasteiger partial charge < -0.3 is 12.4 Å². The van der Waals surface area contributed by atoms with Gasteiger partial charge in [-0.1, -0.05) is 0 Å². The summed E-state index contributed by atoms with van der Waals surface area (Å²) in [5, 5.41) is 0. The summed E-state index contributed by atoms with van der Waals surface area (Å²) in [5.41, 5.74) is 0. The minimum atomic E-state index is -0.121. The average Bonchev–Trinajstić information content (AvgIpc) is 1.77. The zero-order valence-electron chi connectivity index (χ0n) is 4.50. The lowest BCUT2D eigenvalue weighted by Crippen LogP contribution is -3.00. The lowest BCUT2D eigenvalue weighted by atomic mass is 10.2. The second-order valence-electron chi connectivity index (χ2n) is 1.47. The lowest BCUT2D eigenvalue weighted by molar-refractivity contribution is -0.113. The van der Waals surface area contributed by atoms with Gasteiger partial charge in [0.15, 0.2) is 11.6 Å². The maximum Gasteiger partial charge on any atom is 0.178 e. The molecule has 0 amide bonds. The van der Waals surface area contributed by atoms with Crippen molar-refractivity contribution in [2.24, 2.45) is 0 Å². The Morgan fingerprint density at radius 2 is 1.00 bits per heavy atom. The quantitative estimate of drug-likeness (QED) is 0.345. The predicted molar refractivity (Wildman–Crippen MR) is 28.3 cm³/mol. The normalized spacial score (nSPS) is 15.6. The number of halogens is 1. The van der Waals surface area contributed by atoms with Crippen LogP contribution in [0.3, 0.4) is 0 Å². The molecule has 0 saturated heterocycles. The molecule has 0 bridgehead atoms. The van der Waals surface area contributed by atoms with Crippen molar-refractivity contribution in [3.05, 3.63) is 24.3 Å². The molecule has 48 valence electrons. The second-order valence-corrected chi connectivity index (χ2v) is 1.47. The minimum absolute atomic E-state index is 0. The van der Waals surface area contributed by atoms with Crippen molar-refractivity contribution in [2.45, 2.75) is 0 Å². The third kappa shape index (κ3) is 2.24. The van der Waals surface area contributed by atoms with Crippen LogP contribution in [0.2, 0.25) is 0 Å². The van der Waals surface area contributed by atoms with Crippen molar-refractivity contribution in [2.75, 3.05) is 0 Å². The van der Waals surface area contributed by atoms with E-state index >= 15 is 0 Å². The molecule has 0 aromatic rings. The summed E-state index contributed by atoms with van der Waals surface area (Å²) in [4.78, 5) is 20.6. The molecule has 3 heteroatoms. The van der Waals surface area contributed by atoms with Crippen molar-refractivity contribution in [1.82, 2.24) is 0 Å². The molecule has 0 saturated carbocycles. The highest BCUT2D eigenvalue weighted by Crippen LogP contribution is 1.90. The van der Waals surface area contributed by atoms with Gasteiger partial charge in [-0.25, -0.2) is 0 Å². The van der Waals surface area contributed by atoms with E-state index in [9.17, 15) is 9.59 Å². The van der Waals surface area contributed by atoms with Gasteiger partial charge >= 0.3 is 0 Å². The highest BCUT2D eigenvalue weighted by Gasteiger charge is 1.97. The Balaban J connectivity index is 0.000000640. The van der Waals surface area contributed by atoms with Crippen LogP contribution in [-0.4, -0.2) is 11.6 Å². The summed E-state index contributed by atoms with van der Waals surface area (Å²) >= 11 is 0. The van der Waals surface area contributed by atoms with Crippen LogP contribution in [0.4, 0.5) is 0 Å². The predicted octanol–water partition coefficient (Wildman–Crippen LogP) is -2.75. The lowest BCUT2D eigenvalue weighted by Gasteiger charge is -1.87. The van der Waals surface area contributed by atoms with Gasteiger partial charge in [-0.3, -0.25) is 9.59 Å². The maximum absolute atomic E-state index is 10.3. The molecule has 0 N–H and O–H groups in total. The van der Waals surface area contributed by atoms with Gasteiger partial charge in [0.1, 0.15) is 0 Å². The number of allylic oxidation sites excluding steroid dienone is 4. The first-order valence-corrected chi connectivity index (χ1v) is 2.23. The van der Waals surface area contributed by atoms with E-state index in [4.69, 9.17) is 0 Å². The summed E-state index contributed by atoms with van der Waals surface area (Å²) < 4.78 is 0. The van der Waals surface area contributed by atoms with Crippen LogP contribution in [0.25, 0.3) is 0 Å². The summed E-state index contributed by atoms with van der Waals surface area (Å²) in [6.07, 6.45) is 5.01. The summed E-state index contributed by atoms with van der Waals surface area (Å²) in [7, 11) is 0. The van der Waals surface area contributed by atoms with Crippen LogP contribution < -0.4 is 12.4 Å². The van der Waals surface area contributed by atoms with E-state index in [1.807, 2.05) is 0 Å². The molecular weight excluding hydrogens is 140 g/mol. The maximum atomic E-state index is 10.3. The molecule has 1 aliphatic rings. The number of rotatable bonds is 0. The van der Waals surface area contributed by atoms with E-state index in [-0.39, 0.29) is 24.0 Å². The molecule has 0 unspecified atom stereocenters. The van der Waals surface area contributed by atoms with Crippen molar-refractivity contribution >= 4 is 11.6 Å². The summed E-state index contributed by atoms with van der Waals surface area (Å²) in [6.45, 7) is 0. The molecule has 2 nitrogen and oxygen atoms in total. The smallest absolute Gasteiger partial charge is 0.178 e.